The highest BCUT2D eigenvalue weighted by molar-refractivity contribution is 9.10. The Labute approximate surface area is 111 Å². The monoisotopic (exact) mass is 314 g/mol. The number of halogens is 1. The maximum absolute atomic E-state index is 5.82. The maximum atomic E-state index is 5.82. The van der Waals surface area contributed by atoms with Crippen LogP contribution in [0.5, 0.6) is 0 Å². The molecule has 90 valence electrons. The minimum atomic E-state index is 0.380. The number of methoxy groups -OCH3 is 1. The molecular weight excluding hydrogens is 304 g/mol. The van der Waals surface area contributed by atoms with Crippen LogP contribution in [0.3, 0.4) is 0 Å². The molecule has 2 rings (SSSR count). The zero-order valence-corrected chi connectivity index (χ0v) is 11.8. The van der Waals surface area contributed by atoms with Crippen molar-refractivity contribution >= 4 is 33.1 Å². The molecule has 7 heteroatoms. The molecule has 2 heterocycles. The molecule has 5 nitrogen and oxygen atoms in total. The van der Waals surface area contributed by atoms with Crippen LogP contribution in [-0.2, 0) is 11.3 Å². The molecule has 17 heavy (non-hydrogen) atoms. The van der Waals surface area contributed by atoms with Crippen molar-refractivity contribution in [2.75, 3.05) is 12.8 Å². The van der Waals surface area contributed by atoms with Gasteiger partial charge in [0, 0.05) is 18.2 Å². The van der Waals surface area contributed by atoms with E-state index in [1.54, 1.807) is 7.11 Å². The number of hydrogen-bond donors (Lipinski definition) is 1. The molecule has 0 spiro atoms. The van der Waals surface area contributed by atoms with Crippen molar-refractivity contribution in [2.24, 2.45) is 0 Å². The maximum Gasteiger partial charge on any atom is 0.191 e. The quantitative estimate of drug-likeness (QED) is 0.941. The molecule has 2 aromatic rings. The van der Waals surface area contributed by atoms with Crippen LogP contribution in [0.4, 0.5) is 5.82 Å². The van der Waals surface area contributed by atoms with Crippen molar-refractivity contribution in [3.63, 3.8) is 0 Å². The minimum absolute atomic E-state index is 0.380. The summed E-state index contributed by atoms with van der Waals surface area (Å²) in [5.41, 5.74) is 7.49. The summed E-state index contributed by atoms with van der Waals surface area (Å²) in [6, 6.07) is 0. The lowest BCUT2D eigenvalue weighted by Gasteiger charge is -2.06. The SMILES string of the molecule is COCc1nc(-c2nc(C)cs2)nc(N)c1Br. The fourth-order valence-corrected chi connectivity index (χ4v) is 2.32. The number of anilines is 1. The van der Waals surface area contributed by atoms with Crippen LogP contribution in [-0.4, -0.2) is 22.1 Å². The molecule has 0 amide bonds. The van der Waals surface area contributed by atoms with Crippen LogP contribution in [0, 0.1) is 6.92 Å². The molecule has 0 aromatic carbocycles. The van der Waals surface area contributed by atoms with Gasteiger partial charge in [-0.25, -0.2) is 15.0 Å². The van der Waals surface area contributed by atoms with Crippen LogP contribution in [0.1, 0.15) is 11.4 Å². The Bertz CT molecular complexity index is 543. The number of ether oxygens (including phenoxy) is 1. The molecule has 2 aromatic heterocycles. The van der Waals surface area contributed by atoms with Gasteiger partial charge in [0.05, 0.1) is 16.8 Å². The molecule has 0 aliphatic rings. The van der Waals surface area contributed by atoms with E-state index < -0.39 is 0 Å². The number of rotatable bonds is 3. The normalized spacial score (nSPS) is 10.8. The molecule has 0 radical (unpaired) electrons. The first-order valence-electron chi connectivity index (χ1n) is 4.85. The lowest BCUT2D eigenvalue weighted by Crippen LogP contribution is -2.03. The van der Waals surface area contributed by atoms with Gasteiger partial charge >= 0.3 is 0 Å². The Hall–Kier alpha value is -1.05. The van der Waals surface area contributed by atoms with Gasteiger partial charge in [-0.05, 0) is 22.9 Å². The van der Waals surface area contributed by atoms with Gasteiger partial charge in [-0.3, -0.25) is 0 Å². The summed E-state index contributed by atoms with van der Waals surface area (Å²) >= 11 is 4.84. The number of aromatic nitrogens is 3. The smallest absolute Gasteiger partial charge is 0.191 e. The molecule has 0 saturated heterocycles. The average molecular weight is 315 g/mol. The van der Waals surface area contributed by atoms with Crippen LogP contribution < -0.4 is 5.73 Å². The number of nitrogen functional groups attached to an aromatic ring is 1. The van der Waals surface area contributed by atoms with E-state index in [1.165, 1.54) is 11.3 Å². The van der Waals surface area contributed by atoms with Crippen molar-refractivity contribution in [3.8, 4) is 10.8 Å². The van der Waals surface area contributed by atoms with Crippen LogP contribution >= 0.6 is 27.3 Å². The van der Waals surface area contributed by atoms with Crippen LogP contribution in [0.2, 0.25) is 0 Å². The van der Waals surface area contributed by atoms with Crippen molar-refractivity contribution in [1.29, 1.82) is 0 Å². The topological polar surface area (TPSA) is 73.9 Å². The third kappa shape index (κ3) is 2.62. The van der Waals surface area contributed by atoms with E-state index in [0.717, 1.165) is 16.4 Å². The average Bonchev–Trinajstić information content (AvgIpc) is 2.71. The fourth-order valence-electron chi connectivity index (χ4n) is 1.30. The Morgan fingerprint density at radius 1 is 1.41 bits per heavy atom. The summed E-state index contributed by atoms with van der Waals surface area (Å²) < 4.78 is 5.74. The fraction of sp³-hybridized carbons (Fsp3) is 0.300. The van der Waals surface area contributed by atoms with E-state index in [2.05, 4.69) is 30.9 Å². The highest BCUT2D eigenvalue weighted by Gasteiger charge is 2.13. The van der Waals surface area contributed by atoms with E-state index in [9.17, 15) is 0 Å². The van der Waals surface area contributed by atoms with Gasteiger partial charge in [0.25, 0.3) is 0 Å². The van der Waals surface area contributed by atoms with Crippen molar-refractivity contribution < 1.29 is 4.74 Å². The number of aryl methyl sites for hydroxylation is 1. The van der Waals surface area contributed by atoms with E-state index in [0.29, 0.717) is 22.7 Å². The lowest BCUT2D eigenvalue weighted by atomic mass is 10.4. The summed E-state index contributed by atoms with van der Waals surface area (Å²) in [5.74, 6) is 0.936. The molecule has 0 aliphatic carbocycles. The zero-order chi connectivity index (χ0) is 12.4. The second-order valence-corrected chi connectivity index (χ2v) is 5.07. The summed E-state index contributed by atoms with van der Waals surface area (Å²) in [6.07, 6.45) is 0. The third-order valence-corrected chi connectivity index (χ3v) is 3.86. The first-order valence-corrected chi connectivity index (χ1v) is 6.52. The van der Waals surface area contributed by atoms with Crippen LogP contribution in [0.15, 0.2) is 9.85 Å². The molecule has 0 saturated carbocycles. The Balaban J connectivity index is 2.48. The molecule has 2 N–H and O–H groups in total. The largest absolute Gasteiger partial charge is 0.383 e. The van der Waals surface area contributed by atoms with Gasteiger partial charge in [0.1, 0.15) is 5.82 Å². The predicted octanol–water partition coefficient (Wildman–Crippen LogP) is 2.40. The second kappa shape index (κ2) is 5.07. The van der Waals surface area contributed by atoms with Gasteiger partial charge in [-0.2, -0.15) is 0 Å². The summed E-state index contributed by atoms with van der Waals surface area (Å²) in [5, 5.41) is 2.71. The lowest BCUT2D eigenvalue weighted by molar-refractivity contribution is 0.181. The Morgan fingerprint density at radius 3 is 2.76 bits per heavy atom. The van der Waals surface area contributed by atoms with E-state index in [1.807, 2.05) is 12.3 Å². The predicted molar refractivity (Wildman–Crippen MR) is 70.7 cm³/mol. The molecule has 0 unspecified atom stereocenters. The van der Waals surface area contributed by atoms with Crippen molar-refractivity contribution in [2.45, 2.75) is 13.5 Å². The van der Waals surface area contributed by atoms with Gasteiger partial charge in [0.15, 0.2) is 10.8 Å². The van der Waals surface area contributed by atoms with Crippen molar-refractivity contribution in [1.82, 2.24) is 15.0 Å². The van der Waals surface area contributed by atoms with Gasteiger partial charge in [-0.1, -0.05) is 0 Å². The third-order valence-electron chi connectivity index (χ3n) is 2.04. The number of nitrogens with zero attached hydrogens (tertiary/aromatic N) is 3. The summed E-state index contributed by atoms with van der Waals surface area (Å²) in [6.45, 7) is 2.31. The van der Waals surface area contributed by atoms with E-state index in [-0.39, 0.29) is 0 Å². The Morgan fingerprint density at radius 2 is 2.18 bits per heavy atom. The van der Waals surface area contributed by atoms with E-state index in [4.69, 9.17) is 10.5 Å². The highest BCUT2D eigenvalue weighted by Crippen LogP contribution is 2.27. The summed E-state index contributed by atoms with van der Waals surface area (Å²) in [7, 11) is 1.61. The van der Waals surface area contributed by atoms with Crippen molar-refractivity contribution in [3.05, 3.63) is 21.2 Å². The molecule has 0 bridgehead atoms. The summed E-state index contributed by atoms with van der Waals surface area (Å²) in [4.78, 5) is 12.9. The molecule has 0 aliphatic heterocycles. The number of thiazole rings is 1. The number of nitrogens with two attached hydrogens (primary N) is 1. The molecular formula is C10H11BrN4OS. The van der Waals surface area contributed by atoms with Crippen LogP contribution in [0.25, 0.3) is 10.8 Å². The highest BCUT2D eigenvalue weighted by atomic mass is 79.9. The second-order valence-electron chi connectivity index (χ2n) is 3.42. The van der Waals surface area contributed by atoms with Gasteiger partial charge in [-0.15, -0.1) is 11.3 Å². The first-order chi connectivity index (χ1) is 8.11. The van der Waals surface area contributed by atoms with Gasteiger partial charge in [0.2, 0.25) is 0 Å². The standard InChI is InChI=1S/C10H11BrN4OS/c1-5-4-17-10(13-5)9-14-6(3-16-2)7(11)8(12)15-9/h4H,3H2,1-2H3,(H2,12,14,15). The molecule has 0 fully saturated rings. The molecule has 0 atom stereocenters. The Kier molecular flexibility index (Phi) is 3.70. The first kappa shape index (κ1) is 12.4. The number of hydrogen-bond acceptors (Lipinski definition) is 6. The van der Waals surface area contributed by atoms with E-state index >= 15 is 0 Å². The minimum Gasteiger partial charge on any atom is -0.383 e. The van der Waals surface area contributed by atoms with Gasteiger partial charge < -0.3 is 10.5 Å². The zero-order valence-electron chi connectivity index (χ0n) is 9.40.